The van der Waals surface area contributed by atoms with E-state index in [0.717, 1.165) is 16.2 Å². The topological polar surface area (TPSA) is 20.2 Å². The van der Waals surface area contributed by atoms with E-state index in [1.165, 1.54) is 17.4 Å². The van der Waals surface area contributed by atoms with E-state index in [2.05, 4.69) is 15.9 Å². The molecular formula is C17H12BrF3OS. The average Bonchev–Trinajstić information content (AvgIpc) is 2.91. The van der Waals surface area contributed by atoms with Crippen LogP contribution in [0.1, 0.15) is 27.7 Å². The second-order valence-corrected chi connectivity index (χ2v) is 7.25. The predicted octanol–water partition coefficient (Wildman–Crippen LogP) is 6.07. The summed E-state index contributed by atoms with van der Waals surface area (Å²) in [7, 11) is 0. The van der Waals surface area contributed by atoms with Gasteiger partial charge in [-0.1, -0.05) is 34.1 Å². The molecule has 3 rings (SSSR count). The molecule has 0 bridgehead atoms. The van der Waals surface area contributed by atoms with E-state index < -0.39 is 17.8 Å². The highest BCUT2D eigenvalue weighted by Crippen LogP contribution is 2.41. The molecule has 2 aromatic carbocycles. The van der Waals surface area contributed by atoms with Crippen molar-refractivity contribution >= 4 is 37.4 Å². The normalized spacial score (nSPS) is 13.5. The third-order valence-electron chi connectivity index (χ3n) is 3.64. The molecule has 0 aliphatic rings. The number of hydrogen-bond acceptors (Lipinski definition) is 2. The summed E-state index contributed by atoms with van der Waals surface area (Å²) in [6.45, 7) is 1.59. The molecule has 1 unspecified atom stereocenters. The Morgan fingerprint density at radius 2 is 1.83 bits per heavy atom. The largest absolute Gasteiger partial charge is 0.416 e. The standard InChI is InChI=1S/C17H12BrF3OS/c1-9-6-12(17(19,20)21)11(8-13(9)18)16(22)15-7-10-4-2-3-5-14(10)23-15/h2-8,16,22H,1H3. The van der Waals surface area contributed by atoms with Gasteiger partial charge in [0.25, 0.3) is 0 Å². The summed E-state index contributed by atoms with van der Waals surface area (Å²) < 4.78 is 41.4. The van der Waals surface area contributed by atoms with Gasteiger partial charge in [0, 0.05) is 14.0 Å². The van der Waals surface area contributed by atoms with Crippen LogP contribution in [0.2, 0.25) is 0 Å². The first kappa shape index (κ1) is 16.5. The Labute approximate surface area is 143 Å². The van der Waals surface area contributed by atoms with E-state index >= 15 is 0 Å². The van der Waals surface area contributed by atoms with Crippen molar-refractivity contribution in [2.75, 3.05) is 0 Å². The molecule has 0 saturated heterocycles. The highest BCUT2D eigenvalue weighted by Gasteiger charge is 2.36. The molecule has 1 nitrogen and oxygen atoms in total. The Morgan fingerprint density at radius 3 is 2.48 bits per heavy atom. The zero-order chi connectivity index (χ0) is 16.8. The smallest absolute Gasteiger partial charge is 0.383 e. The second-order valence-electron chi connectivity index (χ2n) is 5.28. The molecule has 6 heteroatoms. The van der Waals surface area contributed by atoms with Gasteiger partial charge in [-0.15, -0.1) is 11.3 Å². The van der Waals surface area contributed by atoms with Gasteiger partial charge in [0.05, 0.1) is 5.56 Å². The van der Waals surface area contributed by atoms with Crippen molar-refractivity contribution in [2.45, 2.75) is 19.2 Å². The molecule has 120 valence electrons. The van der Waals surface area contributed by atoms with E-state index in [-0.39, 0.29) is 5.56 Å². The number of halogens is 4. The fraction of sp³-hybridized carbons (Fsp3) is 0.176. The summed E-state index contributed by atoms with van der Waals surface area (Å²) in [6.07, 6.45) is -5.83. The van der Waals surface area contributed by atoms with Crippen LogP contribution in [-0.2, 0) is 6.18 Å². The van der Waals surface area contributed by atoms with Crippen molar-refractivity contribution in [3.63, 3.8) is 0 Å². The lowest BCUT2D eigenvalue weighted by atomic mass is 9.98. The Balaban J connectivity index is 2.14. The van der Waals surface area contributed by atoms with E-state index in [1.54, 1.807) is 13.0 Å². The molecular weight excluding hydrogens is 389 g/mol. The molecule has 0 aliphatic carbocycles. The summed E-state index contributed by atoms with van der Waals surface area (Å²) >= 11 is 4.54. The van der Waals surface area contributed by atoms with Gasteiger partial charge in [-0.2, -0.15) is 13.2 Å². The minimum Gasteiger partial charge on any atom is -0.383 e. The van der Waals surface area contributed by atoms with Crippen molar-refractivity contribution in [3.05, 3.63) is 68.5 Å². The van der Waals surface area contributed by atoms with Crippen molar-refractivity contribution in [1.29, 1.82) is 0 Å². The van der Waals surface area contributed by atoms with Gasteiger partial charge in [0.15, 0.2) is 0 Å². The number of aliphatic hydroxyl groups is 1. The van der Waals surface area contributed by atoms with Crippen LogP contribution in [-0.4, -0.2) is 5.11 Å². The van der Waals surface area contributed by atoms with E-state index in [0.29, 0.717) is 14.9 Å². The lowest BCUT2D eigenvalue weighted by Crippen LogP contribution is -2.13. The molecule has 0 radical (unpaired) electrons. The SMILES string of the molecule is Cc1cc(C(F)(F)F)c(C(O)c2cc3ccccc3s2)cc1Br. The Kier molecular flexibility index (Phi) is 4.25. The number of thiophene rings is 1. The summed E-state index contributed by atoms with van der Waals surface area (Å²) in [6, 6.07) is 11.6. The lowest BCUT2D eigenvalue weighted by molar-refractivity contribution is -0.139. The second kappa shape index (κ2) is 5.92. The maximum Gasteiger partial charge on any atom is 0.416 e. The first-order chi connectivity index (χ1) is 10.8. The number of alkyl halides is 3. The maximum absolute atomic E-state index is 13.3. The quantitative estimate of drug-likeness (QED) is 0.553. The summed E-state index contributed by atoms with van der Waals surface area (Å²) in [5.74, 6) is 0. The van der Waals surface area contributed by atoms with Crippen LogP contribution in [0.4, 0.5) is 13.2 Å². The number of benzene rings is 2. The molecule has 23 heavy (non-hydrogen) atoms. The molecule has 1 atom stereocenters. The van der Waals surface area contributed by atoms with E-state index in [1.807, 2.05) is 24.3 Å². The molecule has 3 aromatic rings. The molecule has 0 aliphatic heterocycles. The minimum absolute atomic E-state index is 0.137. The van der Waals surface area contributed by atoms with Crippen molar-refractivity contribution < 1.29 is 18.3 Å². The van der Waals surface area contributed by atoms with Crippen LogP contribution in [0.25, 0.3) is 10.1 Å². The average molecular weight is 401 g/mol. The van der Waals surface area contributed by atoms with Gasteiger partial charge in [0.1, 0.15) is 6.10 Å². The van der Waals surface area contributed by atoms with Crippen LogP contribution >= 0.6 is 27.3 Å². The molecule has 0 spiro atoms. The third-order valence-corrected chi connectivity index (χ3v) is 5.67. The molecule has 1 heterocycles. The van der Waals surface area contributed by atoms with Crippen LogP contribution in [0, 0.1) is 6.92 Å². The zero-order valence-corrected chi connectivity index (χ0v) is 14.4. The molecule has 1 N–H and O–H groups in total. The highest BCUT2D eigenvalue weighted by atomic mass is 79.9. The monoisotopic (exact) mass is 400 g/mol. The highest BCUT2D eigenvalue weighted by molar-refractivity contribution is 9.10. The number of aryl methyl sites for hydroxylation is 1. The number of aliphatic hydroxyl groups excluding tert-OH is 1. The van der Waals surface area contributed by atoms with E-state index in [9.17, 15) is 18.3 Å². The van der Waals surface area contributed by atoms with Crippen molar-refractivity contribution in [3.8, 4) is 0 Å². The first-order valence-electron chi connectivity index (χ1n) is 6.81. The fourth-order valence-electron chi connectivity index (χ4n) is 2.46. The van der Waals surface area contributed by atoms with Gasteiger partial charge >= 0.3 is 6.18 Å². The van der Waals surface area contributed by atoms with Gasteiger partial charge in [-0.3, -0.25) is 0 Å². The number of fused-ring (bicyclic) bond motifs is 1. The van der Waals surface area contributed by atoms with Crippen LogP contribution in [0.5, 0.6) is 0 Å². The summed E-state index contributed by atoms with van der Waals surface area (Å²) in [5.41, 5.74) is -0.464. The first-order valence-corrected chi connectivity index (χ1v) is 8.42. The lowest BCUT2D eigenvalue weighted by Gasteiger charge is -2.18. The van der Waals surface area contributed by atoms with Gasteiger partial charge in [-0.05, 0) is 47.7 Å². The summed E-state index contributed by atoms with van der Waals surface area (Å²) in [5, 5.41) is 11.5. The zero-order valence-electron chi connectivity index (χ0n) is 12.0. The Hall–Kier alpha value is -1.37. The number of rotatable bonds is 2. The minimum atomic E-state index is -4.52. The molecule has 0 amide bonds. The maximum atomic E-state index is 13.3. The van der Waals surface area contributed by atoms with Gasteiger partial charge < -0.3 is 5.11 Å². The molecule has 0 saturated carbocycles. The van der Waals surface area contributed by atoms with Gasteiger partial charge in [-0.25, -0.2) is 0 Å². The molecule has 0 fully saturated rings. The number of hydrogen-bond donors (Lipinski definition) is 1. The third kappa shape index (κ3) is 3.16. The van der Waals surface area contributed by atoms with Crippen molar-refractivity contribution in [2.24, 2.45) is 0 Å². The van der Waals surface area contributed by atoms with E-state index in [4.69, 9.17) is 0 Å². The van der Waals surface area contributed by atoms with Crippen LogP contribution in [0.15, 0.2) is 46.9 Å². The van der Waals surface area contributed by atoms with Gasteiger partial charge in [0.2, 0.25) is 0 Å². The Morgan fingerprint density at radius 1 is 1.13 bits per heavy atom. The summed E-state index contributed by atoms with van der Waals surface area (Å²) in [4.78, 5) is 0.493. The molecule has 1 aromatic heterocycles. The Bertz CT molecular complexity index is 837. The predicted molar refractivity (Wildman–Crippen MR) is 89.8 cm³/mol. The van der Waals surface area contributed by atoms with Crippen LogP contribution in [0.3, 0.4) is 0 Å². The fourth-order valence-corrected chi connectivity index (χ4v) is 3.89. The van der Waals surface area contributed by atoms with Crippen molar-refractivity contribution in [1.82, 2.24) is 0 Å². The van der Waals surface area contributed by atoms with Crippen LogP contribution < -0.4 is 0 Å².